The molecule has 0 spiro atoms. The largest absolute Gasteiger partial charge is 0.483 e. The van der Waals surface area contributed by atoms with Gasteiger partial charge in [0.2, 0.25) is 5.91 Å². The fraction of sp³-hybridized carbons (Fsp3) is 0.462. The second-order valence-electron chi connectivity index (χ2n) is 9.57. The van der Waals surface area contributed by atoms with Crippen molar-refractivity contribution in [2.75, 3.05) is 13.2 Å². The normalized spacial score (nSPS) is 12.4. The number of halogens is 2. The lowest BCUT2D eigenvalue weighted by atomic mass is 9.86. The summed E-state index contributed by atoms with van der Waals surface area (Å²) in [6, 6.07) is 12.1. The van der Waals surface area contributed by atoms with E-state index in [9.17, 15) is 9.59 Å². The molecular weight excluding hydrogens is 459 g/mol. The molecular formula is C26H34Cl2N2O3. The topological polar surface area (TPSA) is 58.6 Å². The second kappa shape index (κ2) is 11.8. The van der Waals surface area contributed by atoms with E-state index >= 15 is 0 Å². The van der Waals surface area contributed by atoms with Crippen molar-refractivity contribution in [3.05, 3.63) is 63.6 Å². The van der Waals surface area contributed by atoms with Gasteiger partial charge in [-0.2, -0.15) is 0 Å². The highest BCUT2D eigenvalue weighted by atomic mass is 35.5. The van der Waals surface area contributed by atoms with Crippen molar-refractivity contribution in [2.45, 2.75) is 59.5 Å². The van der Waals surface area contributed by atoms with E-state index in [4.69, 9.17) is 27.9 Å². The zero-order chi connectivity index (χ0) is 24.8. The van der Waals surface area contributed by atoms with Crippen LogP contribution in [0.15, 0.2) is 42.5 Å². The Kier molecular flexibility index (Phi) is 9.62. The summed E-state index contributed by atoms with van der Waals surface area (Å²) in [4.78, 5) is 27.6. The summed E-state index contributed by atoms with van der Waals surface area (Å²) in [5, 5.41) is 3.77. The van der Waals surface area contributed by atoms with Crippen molar-refractivity contribution in [1.29, 1.82) is 0 Å². The van der Waals surface area contributed by atoms with Crippen molar-refractivity contribution in [1.82, 2.24) is 10.2 Å². The van der Waals surface area contributed by atoms with Crippen molar-refractivity contribution in [3.63, 3.8) is 0 Å². The van der Waals surface area contributed by atoms with Gasteiger partial charge in [-0.05, 0) is 42.0 Å². The molecule has 0 aliphatic carbocycles. The monoisotopic (exact) mass is 492 g/mol. The van der Waals surface area contributed by atoms with E-state index < -0.39 is 6.04 Å². The summed E-state index contributed by atoms with van der Waals surface area (Å²) >= 11 is 12.7. The predicted octanol–water partition coefficient (Wildman–Crippen LogP) is 5.86. The fourth-order valence-electron chi connectivity index (χ4n) is 3.32. The average Bonchev–Trinajstić information content (AvgIpc) is 2.74. The summed E-state index contributed by atoms with van der Waals surface area (Å²) in [6.07, 6.45) is 0. The molecule has 0 bridgehead atoms. The molecule has 2 amide bonds. The number of benzene rings is 2. The van der Waals surface area contributed by atoms with E-state index in [1.54, 1.807) is 25.1 Å². The maximum atomic E-state index is 13.3. The minimum atomic E-state index is -0.731. The molecule has 0 aromatic heterocycles. The number of para-hydroxylation sites is 1. The van der Waals surface area contributed by atoms with Crippen LogP contribution in [0.1, 0.15) is 52.7 Å². The Balaban J connectivity index is 2.27. The minimum absolute atomic E-state index is 0.0951. The number of hydrogen-bond donors (Lipinski definition) is 1. The quantitative estimate of drug-likeness (QED) is 0.476. The van der Waals surface area contributed by atoms with Crippen LogP contribution in [0.4, 0.5) is 0 Å². The van der Waals surface area contributed by atoms with Crippen LogP contribution < -0.4 is 10.1 Å². The Morgan fingerprint density at radius 1 is 1.00 bits per heavy atom. The molecule has 0 heterocycles. The third-order valence-corrected chi connectivity index (χ3v) is 6.00. The average molecular weight is 493 g/mol. The standard InChI is InChI=1S/C26H34Cl2N2O3/c1-17(2)14-29-25(32)18(3)30(15-19-21(27)11-9-12-22(19)28)24(31)16-33-23-13-8-7-10-20(23)26(4,5)6/h7-13,17-18H,14-16H2,1-6H3,(H,29,32)/t18-/m1/s1. The molecule has 0 saturated carbocycles. The molecule has 180 valence electrons. The van der Waals surface area contributed by atoms with E-state index in [-0.39, 0.29) is 30.4 Å². The van der Waals surface area contributed by atoms with Crippen LogP contribution >= 0.6 is 23.2 Å². The highest BCUT2D eigenvalue weighted by Crippen LogP contribution is 2.31. The van der Waals surface area contributed by atoms with Gasteiger partial charge in [-0.1, -0.05) is 82.1 Å². The van der Waals surface area contributed by atoms with E-state index in [1.165, 1.54) is 4.90 Å². The molecule has 0 unspecified atom stereocenters. The number of carbonyl (C=O) groups is 2. The number of carbonyl (C=O) groups excluding carboxylic acids is 2. The van der Waals surface area contributed by atoms with Crippen LogP contribution in [0, 0.1) is 5.92 Å². The molecule has 33 heavy (non-hydrogen) atoms. The van der Waals surface area contributed by atoms with Crippen molar-refractivity contribution < 1.29 is 14.3 Å². The van der Waals surface area contributed by atoms with Gasteiger partial charge in [-0.3, -0.25) is 9.59 Å². The lowest BCUT2D eigenvalue weighted by Crippen LogP contribution is -2.49. The molecule has 0 fully saturated rings. The Labute approximate surface area is 207 Å². The highest BCUT2D eigenvalue weighted by molar-refractivity contribution is 6.36. The molecule has 0 aliphatic heterocycles. The molecule has 1 atom stereocenters. The summed E-state index contributed by atoms with van der Waals surface area (Å²) in [5.74, 6) is 0.365. The molecule has 0 aliphatic rings. The van der Waals surface area contributed by atoms with Gasteiger partial charge >= 0.3 is 0 Å². The van der Waals surface area contributed by atoms with E-state index in [2.05, 4.69) is 26.1 Å². The Bertz CT molecular complexity index is 950. The third kappa shape index (κ3) is 7.65. The second-order valence-corrected chi connectivity index (χ2v) is 10.4. The van der Waals surface area contributed by atoms with Crippen LogP contribution in [-0.2, 0) is 21.5 Å². The van der Waals surface area contributed by atoms with Crippen LogP contribution in [0.25, 0.3) is 0 Å². The van der Waals surface area contributed by atoms with Crippen LogP contribution in [0.3, 0.4) is 0 Å². The summed E-state index contributed by atoms with van der Waals surface area (Å²) in [7, 11) is 0. The minimum Gasteiger partial charge on any atom is -0.483 e. The lowest BCUT2D eigenvalue weighted by Gasteiger charge is -2.30. The maximum absolute atomic E-state index is 13.3. The van der Waals surface area contributed by atoms with Gasteiger partial charge in [0.15, 0.2) is 6.61 Å². The molecule has 1 N–H and O–H groups in total. The lowest BCUT2D eigenvalue weighted by molar-refractivity contribution is -0.142. The molecule has 5 nitrogen and oxygen atoms in total. The number of amides is 2. The fourth-order valence-corrected chi connectivity index (χ4v) is 3.84. The highest BCUT2D eigenvalue weighted by Gasteiger charge is 2.28. The Hall–Kier alpha value is -2.24. The Morgan fingerprint density at radius 3 is 2.18 bits per heavy atom. The first-order chi connectivity index (χ1) is 15.4. The first kappa shape index (κ1) is 27.0. The van der Waals surface area contributed by atoms with Crippen molar-refractivity contribution in [3.8, 4) is 5.75 Å². The molecule has 0 saturated heterocycles. The van der Waals surface area contributed by atoms with E-state index in [0.717, 1.165) is 5.56 Å². The van der Waals surface area contributed by atoms with Gasteiger partial charge in [-0.15, -0.1) is 0 Å². The molecule has 2 aromatic carbocycles. The maximum Gasteiger partial charge on any atom is 0.261 e. The number of ether oxygens (including phenoxy) is 1. The third-order valence-electron chi connectivity index (χ3n) is 5.29. The summed E-state index contributed by atoms with van der Waals surface area (Å²) in [5.41, 5.74) is 1.45. The molecule has 7 heteroatoms. The van der Waals surface area contributed by atoms with Gasteiger partial charge in [0, 0.05) is 28.7 Å². The van der Waals surface area contributed by atoms with E-state index in [1.807, 2.05) is 38.1 Å². The summed E-state index contributed by atoms with van der Waals surface area (Å²) < 4.78 is 5.94. The molecule has 0 radical (unpaired) electrons. The van der Waals surface area contributed by atoms with Gasteiger partial charge in [-0.25, -0.2) is 0 Å². The number of nitrogens with zero attached hydrogens (tertiary/aromatic N) is 1. The van der Waals surface area contributed by atoms with Crippen molar-refractivity contribution >= 4 is 35.0 Å². The first-order valence-electron chi connectivity index (χ1n) is 11.1. The number of nitrogens with one attached hydrogen (secondary N) is 1. The predicted molar refractivity (Wildman–Crippen MR) is 135 cm³/mol. The van der Waals surface area contributed by atoms with Gasteiger partial charge in [0.1, 0.15) is 11.8 Å². The number of hydrogen-bond acceptors (Lipinski definition) is 3. The molecule has 2 aromatic rings. The SMILES string of the molecule is CC(C)CNC(=O)[C@@H](C)N(Cc1c(Cl)cccc1Cl)C(=O)COc1ccccc1C(C)(C)C. The first-order valence-corrected chi connectivity index (χ1v) is 11.9. The zero-order valence-corrected chi connectivity index (χ0v) is 21.8. The van der Waals surface area contributed by atoms with Crippen LogP contribution in [-0.4, -0.2) is 35.9 Å². The van der Waals surface area contributed by atoms with Gasteiger partial charge < -0.3 is 15.0 Å². The summed E-state index contributed by atoms with van der Waals surface area (Å²) in [6.45, 7) is 12.4. The smallest absolute Gasteiger partial charge is 0.261 e. The van der Waals surface area contributed by atoms with Crippen LogP contribution in [0.5, 0.6) is 5.75 Å². The van der Waals surface area contributed by atoms with Gasteiger partial charge in [0.05, 0.1) is 0 Å². The van der Waals surface area contributed by atoms with Crippen LogP contribution in [0.2, 0.25) is 10.0 Å². The van der Waals surface area contributed by atoms with E-state index in [0.29, 0.717) is 33.8 Å². The zero-order valence-electron chi connectivity index (χ0n) is 20.2. The van der Waals surface area contributed by atoms with Crippen molar-refractivity contribution in [2.24, 2.45) is 5.92 Å². The Morgan fingerprint density at radius 2 is 1.61 bits per heavy atom. The number of rotatable bonds is 9. The molecule has 2 rings (SSSR count). The van der Waals surface area contributed by atoms with Gasteiger partial charge in [0.25, 0.3) is 5.91 Å².